The van der Waals surface area contributed by atoms with Gasteiger partial charge in [0, 0.05) is 5.92 Å². The quantitative estimate of drug-likeness (QED) is 0.769. The van der Waals surface area contributed by atoms with Crippen LogP contribution in [0.5, 0.6) is 0 Å². The molecule has 0 spiro atoms. The first-order valence-corrected chi connectivity index (χ1v) is 4.81. The third kappa shape index (κ3) is 0.991. The Balaban J connectivity index is 2.08. The van der Waals surface area contributed by atoms with Gasteiger partial charge in [-0.15, -0.1) is 0 Å². The summed E-state index contributed by atoms with van der Waals surface area (Å²) in [5.41, 5.74) is 1.06. The Labute approximate surface area is 84.5 Å². The van der Waals surface area contributed by atoms with E-state index in [1.54, 1.807) is 6.07 Å². The average molecular weight is 210 g/mol. The number of carbonyl (C=O) groups is 1. The van der Waals surface area contributed by atoms with Crippen molar-refractivity contribution in [1.82, 2.24) is 0 Å². The fraction of sp³-hybridized carbons (Fsp3) is 0.364. The lowest BCUT2D eigenvalue weighted by atomic mass is 10.0. The van der Waals surface area contributed by atoms with Gasteiger partial charge < -0.3 is 5.11 Å². The third-order valence-corrected chi connectivity index (χ3v) is 3.47. The average Bonchev–Trinajstić information content (AvgIpc) is 2.76. The molecule has 4 heteroatoms. The van der Waals surface area contributed by atoms with Crippen molar-refractivity contribution in [3.05, 3.63) is 34.9 Å². The van der Waals surface area contributed by atoms with Crippen molar-refractivity contribution >= 4 is 5.97 Å². The molecule has 0 amide bonds. The molecular formula is C11H8F2O2. The highest BCUT2D eigenvalue weighted by atomic mass is 19.2. The van der Waals surface area contributed by atoms with Crippen molar-refractivity contribution in [2.75, 3.05) is 0 Å². The Morgan fingerprint density at radius 3 is 2.80 bits per heavy atom. The molecule has 2 aliphatic rings. The number of hydrogen-bond donors (Lipinski definition) is 1. The van der Waals surface area contributed by atoms with Gasteiger partial charge in [-0.1, -0.05) is 6.07 Å². The molecular weight excluding hydrogens is 202 g/mol. The highest BCUT2D eigenvalue weighted by Gasteiger charge is 2.60. The number of rotatable bonds is 1. The lowest BCUT2D eigenvalue weighted by Gasteiger charge is -2.06. The van der Waals surface area contributed by atoms with Crippen molar-refractivity contribution in [2.45, 2.75) is 12.3 Å². The predicted molar refractivity (Wildman–Crippen MR) is 47.4 cm³/mol. The molecule has 1 aromatic rings. The standard InChI is InChI=1S/C11H8F2O2/c12-6-2-1-4-3-5-8(7(4)10(6)13)9(5)11(14)15/h1-2,5,8-9H,3H2,(H,14,15)/t5-,8+,9-/m1/s1. The van der Waals surface area contributed by atoms with Crippen LogP contribution >= 0.6 is 0 Å². The van der Waals surface area contributed by atoms with Crippen molar-refractivity contribution in [2.24, 2.45) is 11.8 Å². The first-order chi connectivity index (χ1) is 7.11. The van der Waals surface area contributed by atoms with Crippen molar-refractivity contribution in [3.63, 3.8) is 0 Å². The minimum absolute atomic E-state index is 0.0196. The molecule has 1 N–H and O–H groups in total. The smallest absolute Gasteiger partial charge is 0.307 e. The maximum absolute atomic E-state index is 13.4. The highest BCUT2D eigenvalue weighted by molar-refractivity contribution is 5.77. The molecule has 0 bridgehead atoms. The van der Waals surface area contributed by atoms with Crippen LogP contribution in [-0.4, -0.2) is 11.1 Å². The van der Waals surface area contributed by atoms with E-state index in [2.05, 4.69) is 0 Å². The van der Waals surface area contributed by atoms with Crippen LogP contribution in [-0.2, 0) is 11.2 Å². The van der Waals surface area contributed by atoms with Crippen LogP contribution in [0.2, 0.25) is 0 Å². The van der Waals surface area contributed by atoms with Gasteiger partial charge in [0.15, 0.2) is 11.6 Å². The molecule has 0 radical (unpaired) electrons. The second kappa shape index (κ2) is 2.56. The molecule has 1 saturated carbocycles. The van der Waals surface area contributed by atoms with Crippen LogP contribution in [0.1, 0.15) is 17.0 Å². The zero-order chi connectivity index (χ0) is 10.7. The molecule has 0 saturated heterocycles. The first-order valence-electron chi connectivity index (χ1n) is 4.81. The van der Waals surface area contributed by atoms with E-state index in [4.69, 9.17) is 5.11 Å². The summed E-state index contributed by atoms with van der Waals surface area (Å²) in [6.45, 7) is 0. The van der Waals surface area contributed by atoms with Gasteiger partial charge >= 0.3 is 5.97 Å². The van der Waals surface area contributed by atoms with Crippen LogP contribution in [0.15, 0.2) is 12.1 Å². The second-order valence-electron chi connectivity index (χ2n) is 4.19. The maximum atomic E-state index is 13.4. The molecule has 0 aliphatic heterocycles. The van der Waals surface area contributed by atoms with Crippen molar-refractivity contribution in [3.8, 4) is 0 Å². The van der Waals surface area contributed by atoms with E-state index >= 15 is 0 Å². The molecule has 1 fully saturated rings. The number of halogens is 2. The van der Waals surface area contributed by atoms with Gasteiger partial charge in [-0.2, -0.15) is 0 Å². The van der Waals surface area contributed by atoms with Gasteiger partial charge in [0.2, 0.25) is 0 Å². The van der Waals surface area contributed by atoms with Gasteiger partial charge in [0.25, 0.3) is 0 Å². The van der Waals surface area contributed by atoms with Crippen LogP contribution < -0.4 is 0 Å². The van der Waals surface area contributed by atoms with Gasteiger partial charge in [-0.05, 0) is 29.5 Å². The summed E-state index contributed by atoms with van der Waals surface area (Å²) in [6, 6.07) is 2.66. The molecule has 0 aromatic heterocycles. The molecule has 15 heavy (non-hydrogen) atoms. The lowest BCUT2D eigenvalue weighted by molar-refractivity contribution is -0.139. The fourth-order valence-electron chi connectivity index (χ4n) is 2.76. The summed E-state index contributed by atoms with van der Waals surface area (Å²) in [6.07, 6.45) is 0.564. The number of carboxylic acid groups (broad SMARTS) is 1. The van der Waals surface area contributed by atoms with Crippen LogP contribution in [0.4, 0.5) is 8.78 Å². The summed E-state index contributed by atoms with van der Waals surface area (Å²) in [5.74, 6) is -3.47. The first kappa shape index (κ1) is 8.83. The minimum Gasteiger partial charge on any atom is -0.481 e. The minimum atomic E-state index is -0.903. The molecule has 3 atom stereocenters. The second-order valence-corrected chi connectivity index (χ2v) is 4.19. The largest absolute Gasteiger partial charge is 0.481 e. The van der Waals surface area contributed by atoms with Gasteiger partial charge in [-0.25, -0.2) is 8.78 Å². The summed E-state index contributed by atoms with van der Waals surface area (Å²) < 4.78 is 26.4. The molecule has 0 unspecified atom stereocenters. The van der Waals surface area contributed by atoms with Crippen LogP contribution in [0, 0.1) is 23.5 Å². The van der Waals surface area contributed by atoms with Crippen LogP contribution in [0.3, 0.4) is 0 Å². The SMILES string of the molecule is O=C(O)[C@@H]1[C@@H]2Cc3ccc(F)c(F)c3[C@H]21. The van der Waals surface area contributed by atoms with E-state index in [1.807, 2.05) is 0 Å². The third-order valence-electron chi connectivity index (χ3n) is 3.47. The monoisotopic (exact) mass is 210 g/mol. The molecule has 3 rings (SSSR count). The summed E-state index contributed by atoms with van der Waals surface area (Å²) in [5, 5.41) is 8.83. The summed E-state index contributed by atoms with van der Waals surface area (Å²) in [7, 11) is 0. The summed E-state index contributed by atoms with van der Waals surface area (Å²) >= 11 is 0. The number of fused-ring (bicyclic) bond motifs is 3. The Bertz CT molecular complexity index is 470. The molecule has 1 aromatic carbocycles. The Morgan fingerprint density at radius 1 is 1.40 bits per heavy atom. The normalized spacial score (nSPS) is 30.9. The zero-order valence-electron chi connectivity index (χ0n) is 7.71. The van der Waals surface area contributed by atoms with E-state index < -0.39 is 23.5 Å². The maximum Gasteiger partial charge on any atom is 0.307 e. The van der Waals surface area contributed by atoms with Crippen LogP contribution in [0.25, 0.3) is 0 Å². The molecule has 2 nitrogen and oxygen atoms in total. The topological polar surface area (TPSA) is 37.3 Å². The Kier molecular flexibility index (Phi) is 1.51. The number of hydrogen-bond acceptors (Lipinski definition) is 1. The van der Waals surface area contributed by atoms with E-state index in [9.17, 15) is 13.6 Å². The van der Waals surface area contributed by atoms with Gasteiger partial charge in [0.1, 0.15) is 0 Å². The predicted octanol–water partition coefficient (Wildman–Crippen LogP) is 1.94. The Morgan fingerprint density at radius 2 is 2.13 bits per heavy atom. The molecule has 2 aliphatic carbocycles. The van der Waals surface area contributed by atoms with E-state index in [0.29, 0.717) is 12.0 Å². The highest BCUT2D eigenvalue weighted by Crippen LogP contribution is 2.62. The van der Waals surface area contributed by atoms with E-state index in [-0.39, 0.29) is 11.8 Å². The fourth-order valence-corrected chi connectivity index (χ4v) is 2.76. The van der Waals surface area contributed by atoms with Crippen molar-refractivity contribution in [1.29, 1.82) is 0 Å². The zero-order valence-corrected chi connectivity index (χ0v) is 7.71. The molecule has 0 heterocycles. The van der Waals surface area contributed by atoms with Gasteiger partial charge in [0.05, 0.1) is 5.92 Å². The van der Waals surface area contributed by atoms with E-state index in [1.165, 1.54) is 0 Å². The number of carboxylic acids is 1. The Hall–Kier alpha value is -1.45. The lowest BCUT2D eigenvalue weighted by Crippen LogP contribution is -2.06. The van der Waals surface area contributed by atoms with E-state index in [0.717, 1.165) is 11.6 Å². The van der Waals surface area contributed by atoms with Gasteiger partial charge in [-0.3, -0.25) is 4.79 Å². The van der Waals surface area contributed by atoms with Crippen molar-refractivity contribution < 1.29 is 18.7 Å². The molecule has 78 valence electrons. The number of benzene rings is 1. The number of aliphatic carboxylic acids is 1. The summed E-state index contributed by atoms with van der Waals surface area (Å²) in [4.78, 5) is 10.8.